The van der Waals surface area contributed by atoms with Crippen molar-refractivity contribution in [3.8, 4) is 0 Å². The number of hydrogen-bond acceptors (Lipinski definition) is 3. The fourth-order valence-electron chi connectivity index (χ4n) is 3.27. The monoisotopic (exact) mass is 337 g/mol. The van der Waals surface area contributed by atoms with Gasteiger partial charge in [-0.25, -0.2) is 4.79 Å². The van der Waals surface area contributed by atoms with Crippen molar-refractivity contribution in [3.05, 3.63) is 77.0 Å². The van der Waals surface area contributed by atoms with E-state index in [4.69, 9.17) is 4.74 Å². The number of ether oxygens (including phenoxy) is 1. The second-order valence-corrected chi connectivity index (χ2v) is 6.43. The lowest BCUT2D eigenvalue weighted by Gasteiger charge is -2.38. The number of aliphatic hydroxyl groups excluding tert-OH is 1. The molecule has 1 aliphatic heterocycles. The number of rotatable bonds is 4. The van der Waals surface area contributed by atoms with Gasteiger partial charge in [0.1, 0.15) is 6.61 Å². The van der Waals surface area contributed by atoms with Crippen LogP contribution in [0.25, 0.3) is 6.08 Å². The molecule has 25 heavy (non-hydrogen) atoms. The van der Waals surface area contributed by atoms with Gasteiger partial charge in [-0.05, 0) is 29.7 Å². The Morgan fingerprint density at radius 2 is 1.84 bits per heavy atom. The summed E-state index contributed by atoms with van der Waals surface area (Å²) in [6.07, 6.45) is 1.59. The van der Waals surface area contributed by atoms with Crippen molar-refractivity contribution in [1.82, 2.24) is 4.90 Å². The molecule has 0 saturated heterocycles. The summed E-state index contributed by atoms with van der Waals surface area (Å²) in [6.45, 7) is 4.06. The molecule has 0 spiro atoms. The Kier molecular flexibility index (Phi) is 5.19. The van der Waals surface area contributed by atoms with E-state index in [9.17, 15) is 9.90 Å². The molecule has 4 heteroatoms. The lowest BCUT2D eigenvalue weighted by atomic mass is 9.87. The molecule has 0 aliphatic carbocycles. The third-order valence-electron chi connectivity index (χ3n) is 4.57. The van der Waals surface area contributed by atoms with Crippen LogP contribution in [0.2, 0.25) is 0 Å². The fourth-order valence-corrected chi connectivity index (χ4v) is 3.27. The molecule has 0 saturated carbocycles. The molecule has 0 radical (unpaired) electrons. The van der Waals surface area contributed by atoms with Crippen LogP contribution in [0.5, 0.6) is 0 Å². The molecule has 1 aliphatic rings. The predicted molar refractivity (Wildman–Crippen MR) is 97.5 cm³/mol. The molecule has 2 aromatic rings. The lowest BCUT2D eigenvalue weighted by Crippen LogP contribution is -2.40. The van der Waals surface area contributed by atoms with Gasteiger partial charge >= 0.3 is 6.09 Å². The summed E-state index contributed by atoms with van der Waals surface area (Å²) in [5.41, 5.74) is 3.88. The molecular formula is C21H23NO3. The molecule has 130 valence electrons. The summed E-state index contributed by atoms with van der Waals surface area (Å²) in [6, 6.07) is 17.3. The van der Waals surface area contributed by atoms with Crippen LogP contribution in [-0.2, 0) is 11.3 Å². The van der Waals surface area contributed by atoms with Crippen LogP contribution in [0.15, 0.2) is 60.3 Å². The average molecular weight is 337 g/mol. The Morgan fingerprint density at radius 3 is 2.56 bits per heavy atom. The van der Waals surface area contributed by atoms with Crippen molar-refractivity contribution in [2.75, 3.05) is 6.61 Å². The summed E-state index contributed by atoms with van der Waals surface area (Å²) < 4.78 is 5.54. The first-order valence-corrected chi connectivity index (χ1v) is 8.50. The van der Waals surface area contributed by atoms with E-state index < -0.39 is 6.09 Å². The second kappa shape index (κ2) is 7.53. The molecule has 2 aromatic carbocycles. The van der Waals surface area contributed by atoms with Crippen molar-refractivity contribution in [2.24, 2.45) is 5.92 Å². The molecular weight excluding hydrogens is 314 g/mol. The molecule has 1 heterocycles. The number of carbonyl (C=O) groups is 1. The van der Waals surface area contributed by atoms with Gasteiger partial charge in [0, 0.05) is 18.2 Å². The van der Waals surface area contributed by atoms with E-state index in [-0.39, 0.29) is 25.2 Å². The quantitative estimate of drug-likeness (QED) is 0.901. The van der Waals surface area contributed by atoms with Crippen LogP contribution in [0, 0.1) is 5.92 Å². The largest absolute Gasteiger partial charge is 0.444 e. The minimum Gasteiger partial charge on any atom is -0.444 e. The molecule has 0 aromatic heterocycles. The van der Waals surface area contributed by atoms with Crippen molar-refractivity contribution < 1.29 is 14.6 Å². The number of amides is 1. The maximum Gasteiger partial charge on any atom is 0.414 e. The van der Waals surface area contributed by atoms with Gasteiger partial charge in [-0.1, -0.05) is 61.5 Å². The summed E-state index contributed by atoms with van der Waals surface area (Å²) in [7, 11) is 0. The van der Waals surface area contributed by atoms with Crippen LogP contribution >= 0.6 is 0 Å². The maximum atomic E-state index is 12.8. The number of hydrogen-bond donors (Lipinski definition) is 1. The molecule has 0 unspecified atom stereocenters. The summed E-state index contributed by atoms with van der Waals surface area (Å²) in [5, 5.41) is 9.71. The molecule has 2 atom stereocenters. The summed E-state index contributed by atoms with van der Waals surface area (Å²) in [5.74, 6) is -0.103. The highest BCUT2D eigenvalue weighted by molar-refractivity contribution is 5.75. The van der Waals surface area contributed by atoms with E-state index in [1.165, 1.54) is 0 Å². The van der Waals surface area contributed by atoms with Gasteiger partial charge in [-0.15, -0.1) is 0 Å². The first-order valence-electron chi connectivity index (χ1n) is 8.50. The molecule has 4 nitrogen and oxygen atoms in total. The van der Waals surface area contributed by atoms with E-state index >= 15 is 0 Å². The average Bonchev–Trinajstić information content (AvgIpc) is 2.65. The van der Waals surface area contributed by atoms with Crippen LogP contribution in [0.4, 0.5) is 4.79 Å². The van der Waals surface area contributed by atoms with E-state index in [0.29, 0.717) is 0 Å². The normalized spacial score (nSPS) is 17.5. The molecule has 1 N–H and O–H groups in total. The Labute approximate surface area is 148 Å². The predicted octanol–water partition coefficient (Wildman–Crippen LogP) is 4.37. The highest BCUT2D eigenvalue weighted by atomic mass is 16.6. The summed E-state index contributed by atoms with van der Waals surface area (Å²) >= 11 is 0. The van der Waals surface area contributed by atoms with E-state index in [1.54, 1.807) is 4.90 Å². The Balaban J connectivity index is 1.86. The zero-order chi connectivity index (χ0) is 17.8. The van der Waals surface area contributed by atoms with Crippen molar-refractivity contribution in [2.45, 2.75) is 26.5 Å². The van der Waals surface area contributed by atoms with E-state index in [2.05, 4.69) is 0 Å². The van der Waals surface area contributed by atoms with Gasteiger partial charge in [-0.2, -0.15) is 0 Å². The van der Waals surface area contributed by atoms with Gasteiger partial charge in [0.25, 0.3) is 0 Å². The third-order valence-corrected chi connectivity index (χ3v) is 4.57. The van der Waals surface area contributed by atoms with Crippen LogP contribution in [0.3, 0.4) is 0 Å². The second-order valence-electron chi connectivity index (χ2n) is 6.43. The van der Waals surface area contributed by atoms with E-state index in [1.807, 2.05) is 74.5 Å². The molecule has 1 amide bonds. The van der Waals surface area contributed by atoms with Gasteiger partial charge in [0.15, 0.2) is 0 Å². The van der Waals surface area contributed by atoms with Crippen LogP contribution < -0.4 is 0 Å². The van der Waals surface area contributed by atoms with Gasteiger partial charge in [0.05, 0.1) is 6.04 Å². The highest BCUT2D eigenvalue weighted by Crippen LogP contribution is 2.39. The SMILES string of the molecule is CC1=Cc2ccccc2[C@H]([C@H](C)CO)N1C(=O)OCc1ccccc1. The zero-order valence-electron chi connectivity index (χ0n) is 14.6. The van der Waals surface area contributed by atoms with Gasteiger partial charge in [0.2, 0.25) is 0 Å². The van der Waals surface area contributed by atoms with Crippen molar-refractivity contribution >= 4 is 12.2 Å². The first-order chi connectivity index (χ1) is 12.1. The lowest BCUT2D eigenvalue weighted by molar-refractivity contribution is 0.0731. The highest BCUT2D eigenvalue weighted by Gasteiger charge is 2.35. The number of nitrogens with zero attached hydrogens (tertiary/aromatic N) is 1. The minimum absolute atomic E-state index is 0.00521. The number of fused-ring (bicyclic) bond motifs is 1. The minimum atomic E-state index is -0.391. The Hall–Kier alpha value is -2.59. The number of allylic oxidation sites excluding steroid dienone is 1. The summed E-state index contributed by atoms with van der Waals surface area (Å²) in [4.78, 5) is 14.5. The Bertz CT molecular complexity index is 770. The van der Waals surface area contributed by atoms with E-state index in [0.717, 1.165) is 22.4 Å². The van der Waals surface area contributed by atoms with Crippen molar-refractivity contribution in [3.63, 3.8) is 0 Å². The maximum absolute atomic E-state index is 12.8. The topological polar surface area (TPSA) is 49.8 Å². The zero-order valence-corrected chi connectivity index (χ0v) is 14.6. The standard InChI is InChI=1S/C21H23NO3/c1-15(13-23)20-19-11-7-6-10-18(19)12-16(2)22(20)21(24)25-14-17-8-4-3-5-9-17/h3-12,15,20,23H,13-14H2,1-2H3/t15-,20+/m1/s1. The smallest absolute Gasteiger partial charge is 0.414 e. The van der Waals surface area contributed by atoms with Gasteiger partial charge < -0.3 is 9.84 Å². The third kappa shape index (κ3) is 3.59. The number of aliphatic hydroxyl groups is 1. The first kappa shape index (κ1) is 17.2. The molecule has 0 fully saturated rings. The molecule has 0 bridgehead atoms. The molecule has 3 rings (SSSR count). The van der Waals surface area contributed by atoms with Crippen LogP contribution in [0.1, 0.15) is 36.6 Å². The number of carbonyl (C=O) groups excluding carboxylic acids is 1. The van der Waals surface area contributed by atoms with Crippen LogP contribution in [-0.4, -0.2) is 22.7 Å². The fraction of sp³-hybridized carbons (Fsp3) is 0.286. The Morgan fingerprint density at radius 1 is 1.16 bits per heavy atom. The number of benzene rings is 2. The van der Waals surface area contributed by atoms with Gasteiger partial charge in [-0.3, -0.25) is 4.90 Å². The van der Waals surface area contributed by atoms with Crippen molar-refractivity contribution in [1.29, 1.82) is 0 Å².